The molecule has 0 aliphatic carbocycles. The lowest BCUT2D eigenvalue weighted by Crippen LogP contribution is -2.22. The first kappa shape index (κ1) is 12.6. The van der Waals surface area contributed by atoms with E-state index in [0.29, 0.717) is 0 Å². The molecule has 0 aliphatic rings. The van der Waals surface area contributed by atoms with Crippen LogP contribution in [0.2, 0.25) is 0 Å². The van der Waals surface area contributed by atoms with Crippen LogP contribution in [0.5, 0.6) is 0 Å². The second kappa shape index (κ2) is 6.21. The Balaban J connectivity index is 1.80. The number of nitrogens with one attached hydrogen (secondary N) is 1. The van der Waals surface area contributed by atoms with Gasteiger partial charge >= 0.3 is 0 Å². The number of benzene rings is 1. The van der Waals surface area contributed by atoms with Crippen molar-refractivity contribution in [3.8, 4) is 0 Å². The van der Waals surface area contributed by atoms with Crippen LogP contribution in [0.15, 0.2) is 42.9 Å². The molecule has 1 heterocycles. The average Bonchev–Trinajstić information content (AvgIpc) is 2.42. The van der Waals surface area contributed by atoms with Crippen molar-refractivity contribution in [1.29, 1.82) is 0 Å². The minimum absolute atomic E-state index is 0.166. The van der Waals surface area contributed by atoms with E-state index in [2.05, 4.69) is 22.2 Å². The van der Waals surface area contributed by atoms with Crippen molar-refractivity contribution < 1.29 is 4.39 Å². The number of aromatic nitrogens is 2. The zero-order chi connectivity index (χ0) is 12.8. The van der Waals surface area contributed by atoms with Crippen LogP contribution in [0.25, 0.3) is 0 Å². The molecule has 0 amide bonds. The monoisotopic (exact) mass is 245 g/mol. The van der Waals surface area contributed by atoms with Gasteiger partial charge in [-0.05, 0) is 37.6 Å². The smallest absolute Gasteiger partial charge is 0.123 e. The molecule has 0 radical (unpaired) electrons. The number of nitrogens with zero attached hydrogens (tertiary/aromatic N) is 2. The quantitative estimate of drug-likeness (QED) is 0.879. The predicted molar refractivity (Wildman–Crippen MR) is 68.6 cm³/mol. The molecular weight excluding hydrogens is 229 g/mol. The Kier molecular flexibility index (Phi) is 4.36. The maximum atomic E-state index is 12.7. The van der Waals surface area contributed by atoms with Gasteiger partial charge in [0, 0.05) is 24.6 Å². The van der Waals surface area contributed by atoms with Crippen LogP contribution in [0.4, 0.5) is 4.39 Å². The van der Waals surface area contributed by atoms with E-state index in [1.165, 1.54) is 12.1 Å². The summed E-state index contributed by atoms with van der Waals surface area (Å²) in [4.78, 5) is 8.28. The first-order chi connectivity index (χ1) is 8.75. The summed E-state index contributed by atoms with van der Waals surface area (Å²) in [5.41, 5.74) is 2.05. The van der Waals surface area contributed by atoms with Gasteiger partial charge in [0.2, 0.25) is 0 Å². The highest BCUT2D eigenvalue weighted by Gasteiger charge is 2.05. The maximum Gasteiger partial charge on any atom is 0.123 e. The van der Waals surface area contributed by atoms with Gasteiger partial charge in [0.15, 0.2) is 0 Å². The fraction of sp³-hybridized carbons (Fsp3) is 0.286. The Hall–Kier alpha value is -1.81. The standard InChI is InChI=1S/C14H16FN3/c1-11(14-10-16-8-9-18-14)17-7-6-12-2-4-13(15)5-3-12/h2-5,8-11,17H,6-7H2,1H3. The normalized spacial score (nSPS) is 12.3. The second-order valence-electron chi connectivity index (χ2n) is 4.18. The molecule has 1 unspecified atom stereocenters. The molecule has 1 aromatic heterocycles. The molecule has 2 aromatic rings. The van der Waals surface area contributed by atoms with Crippen molar-refractivity contribution in [2.24, 2.45) is 0 Å². The van der Waals surface area contributed by atoms with Gasteiger partial charge in [-0.25, -0.2) is 4.39 Å². The molecule has 3 nitrogen and oxygen atoms in total. The fourth-order valence-corrected chi connectivity index (χ4v) is 1.72. The SMILES string of the molecule is CC(NCCc1ccc(F)cc1)c1cnccn1. The van der Waals surface area contributed by atoms with Crippen molar-refractivity contribution in [1.82, 2.24) is 15.3 Å². The highest BCUT2D eigenvalue weighted by molar-refractivity contribution is 5.16. The summed E-state index contributed by atoms with van der Waals surface area (Å²) >= 11 is 0. The minimum Gasteiger partial charge on any atom is -0.308 e. The van der Waals surface area contributed by atoms with E-state index < -0.39 is 0 Å². The summed E-state index contributed by atoms with van der Waals surface area (Å²) in [6.07, 6.45) is 5.97. The van der Waals surface area contributed by atoms with Crippen LogP contribution in [-0.4, -0.2) is 16.5 Å². The van der Waals surface area contributed by atoms with Gasteiger partial charge in [0.25, 0.3) is 0 Å². The summed E-state index contributed by atoms with van der Waals surface area (Å²) < 4.78 is 12.7. The Morgan fingerprint density at radius 2 is 2.00 bits per heavy atom. The molecule has 1 atom stereocenters. The van der Waals surface area contributed by atoms with E-state index in [1.807, 2.05) is 12.1 Å². The van der Waals surface area contributed by atoms with Crippen molar-refractivity contribution in [2.45, 2.75) is 19.4 Å². The molecular formula is C14H16FN3. The molecule has 0 saturated carbocycles. The van der Waals surface area contributed by atoms with Gasteiger partial charge in [0.05, 0.1) is 5.69 Å². The van der Waals surface area contributed by atoms with Gasteiger partial charge < -0.3 is 5.32 Å². The third kappa shape index (κ3) is 3.60. The number of hydrogen-bond donors (Lipinski definition) is 1. The molecule has 1 N–H and O–H groups in total. The van der Waals surface area contributed by atoms with Crippen molar-refractivity contribution >= 4 is 0 Å². The largest absolute Gasteiger partial charge is 0.308 e. The number of halogens is 1. The number of rotatable bonds is 5. The van der Waals surface area contributed by atoms with E-state index in [0.717, 1.165) is 24.2 Å². The summed E-state index contributed by atoms with van der Waals surface area (Å²) in [6, 6.07) is 6.76. The van der Waals surface area contributed by atoms with Crippen LogP contribution in [0.3, 0.4) is 0 Å². The Bertz CT molecular complexity index is 470. The second-order valence-corrected chi connectivity index (χ2v) is 4.18. The third-order valence-electron chi connectivity index (χ3n) is 2.80. The highest BCUT2D eigenvalue weighted by atomic mass is 19.1. The summed E-state index contributed by atoms with van der Waals surface area (Å²) in [5, 5.41) is 3.37. The molecule has 1 aromatic carbocycles. The predicted octanol–water partition coefficient (Wildman–Crippen LogP) is 2.51. The van der Waals surface area contributed by atoms with E-state index in [4.69, 9.17) is 0 Å². The highest BCUT2D eigenvalue weighted by Crippen LogP contribution is 2.07. The zero-order valence-corrected chi connectivity index (χ0v) is 10.3. The summed E-state index contributed by atoms with van der Waals surface area (Å²) in [6.45, 7) is 2.87. The molecule has 2 rings (SSSR count). The third-order valence-corrected chi connectivity index (χ3v) is 2.80. The van der Waals surface area contributed by atoms with Crippen LogP contribution < -0.4 is 5.32 Å². The van der Waals surface area contributed by atoms with Crippen LogP contribution in [0, 0.1) is 5.82 Å². The van der Waals surface area contributed by atoms with E-state index in [9.17, 15) is 4.39 Å². The van der Waals surface area contributed by atoms with Gasteiger partial charge in [-0.15, -0.1) is 0 Å². The number of hydrogen-bond acceptors (Lipinski definition) is 3. The summed E-state index contributed by atoms with van der Waals surface area (Å²) in [7, 11) is 0. The minimum atomic E-state index is -0.195. The Morgan fingerprint density at radius 3 is 2.67 bits per heavy atom. The first-order valence-electron chi connectivity index (χ1n) is 5.99. The maximum absolute atomic E-state index is 12.7. The lowest BCUT2D eigenvalue weighted by atomic mass is 10.1. The van der Waals surface area contributed by atoms with Gasteiger partial charge in [-0.1, -0.05) is 12.1 Å². The zero-order valence-electron chi connectivity index (χ0n) is 10.3. The van der Waals surface area contributed by atoms with Crippen molar-refractivity contribution in [3.63, 3.8) is 0 Å². The molecule has 4 heteroatoms. The van der Waals surface area contributed by atoms with E-state index >= 15 is 0 Å². The Morgan fingerprint density at radius 1 is 1.22 bits per heavy atom. The van der Waals surface area contributed by atoms with Crippen LogP contribution in [-0.2, 0) is 6.42 Å². The van der Waals surface area contributed by atoms with Crippen molar-refractivity contribution in [2.75, 3.05) is 6.54 Å². The molecule has 18 heavy (non-hydrogen) atoms. The van der Waals surface area contributed by atoms with Crippen LogP contribution in [0.1, 0.15) is 24.2 Å². The molecule has 94 valence electrons. The van der Waals surface area contributed by atoms with E-state index in [-0.39, 0.29) is 11.9 Å². The van der Waals surface area contributed by atoms with Crippen molar-refractivity contribution in [3.05, 3.63) is 59.9 Å². The lowest BCUT2D eigenvalue weighted by Gasteiger charge is -2.12. The topological polar surface area (TPSA) is 37.8 Å². The molecule has 0 bridgehead atoms. The van der Waals surface area contributed by atoms with Gasteiger partial charge in [0.1, 0.15) is 5.82 Å². The lowest BCUT2D eigenvalue weighted by molar-refractivity contribution is 0.561. The molecule has 0 aliphatic heterocycles. The molecule has 0 spiro atoms. The van der Waals surface area contributed by atoms with Gasteiger partial charge in [-0.3, -0.25) is 9.97 Å². The average molecular weight is 245 g/mol. The first-order valence-corrected chi connectivity index (χ1v) is 5.99. The van der Waals surface area contributed by atoms with Crippen LogP contribution >= 0.6 is 0 Å². The Labute approximate surface area is 106 Å². The summed E-state index contributed by atoms with van der Waals surface area (Å²) in [5.74, 6) is -0.195. The van der Waals surface area contributed by atoms with Gasteiger partial charge in [-0.2, -0.15) is 0 Å². The molecule has 0 saturated heterocycles. The fourth-order valence-electron chi connectivity index (χ4n) is 1.72. The molecule has 0 fully saturated rings. The van der Waals surface area contributed by atoms with E-state index in [1.54, 1.807) is 18.6 Å².